The van der Waals surface area contributed by atoms with E-state index >= 15 is 0 Å². The van der Waals surface area contributed by atoms with Gasteiger partial charge in [0.05, 0.1) is 5.52 Å². The molecule has 1 aromatic heterocycles. The van der Waals surface area contributed by atoms with Crippen molar-refractivity contribution in [1.29, 1.82) is 0 Å². The van der Waals surface area contributed by atoms with Gasteiger partial charge in [0.2, 0.25) is 6.79 Å². The van der Waals surface area contributed by atoms with E-state index in [0.717, 1.165) is 40.0 Å². The van der Waals surface area contributed by atoms with Gasteiger partial charge >= 0.3 is 0 Å². The first-order valence-electron chi connectivity index (χ1n) is 7.22. The minimum absolute atomic E-state index is 0.303. The maximum atomic E-state index is 5.45. The van der Waals surface area contributed by atoms with Crippen molar-refractivity contribution in [3.05, 3.63) is 64.3 Å². The van der Waals surface area contributed by atoms with Gasteiger partial charge in [-0.1, -0.05) is 40.2 Å². The van der Waals surface area contributed by atoms with E-state index < -0.39 is 0 Å². The van der Waals surface area contributed by atoms with E-state index in [-0.39, 0.29) is 0 Å². The SMILES string of the molecule is Brc1cc2c(cc1CCc1ccc3ccccc3n1)OCO2. The average molecular weight is 356 g/mol. The molecule has 0 aliphatic carbocycles. The van der Waals surface area contributed by atoms with E-state index in [4.69, 9.17) is 14.5 Å². The summed E-state index contributed by atoms with van der Waals surface area (Å²) < 4.78 is 11.9. The van der Waals surface area contributed by atoms with Crippen LogP contribution in [0.3, 0.4) is 0 Å². The molecule has 0 saturated heterocycles. The zero-order valence-corrected chi connectivity index (χ0v) is 13.5. The summed E-state index contributed by atoms with van der Waals surface area (Å²) in [5, 5.41) is 1.18. The van der Waals surface area contributed by atoms with Crippen LogP contribution in [0.4, 0.5) is 0 Å². The molecule has 0 amide bonds. The van der Waals surface area contributed by atoms with E-state index in [9.17, 15) is 0 Å². The van der Waals surface area contributed by atoms with Crippen molar-refractivity contribution in [3.8, 4) is 11.5 Å². The van der Waals surface area contributed by atoms with Gasteiger partial charge < -0.3 is 9.47 Å². The van der Waals surface area contributed by atoms with Gasteiger partial charge in [0, 0.05) is 15.6 Å². The number of aryl methyl sites for hydroxylation is 2. The summed E-state index contributed by atoms with van der Waals surface area (Å²) in [4.78, 5) is 4.72. The summed E-state index contributed by atoms with van der Waals surface area (Å²) in [6.45, 7) is 0.303. The molecule has 0 radical (unpaired) electrons. The van der Waals surface area contributed by atoms with Crippen molar-refractivity contribution < 1.29 is 9.47 Å². The average Bonchev–Trinajstić information content (AvgIpc) is 2.99. The highest BCUT2D eigenvalue weighted by molar-refractivity contribution is 9.10. The lowest BCUT2D eigenvalue weighted by molar-refractivity contribution is 0.174. The molecule has 22 heavy (non-hydrogen) atoms. The van der Waals surface area contributed by atoms with Crippen LogP contribution in [0.25, 0.3) is 10.9 Å². The number of hydrogen-bond acceptors (Lipinski definition) is 3. The summed E-state index contributed by atoms with van der Waals surface area (Å²) in [5.74, 6) is 1.63. The van der Waals surface area contributed by atoms with Crippen molar-refractivity contribution in [2.24, 2.45) is 0 Å². The Bertz CT molecular complexity index is 848. The van der Waals surface area contributed by atoms with Crippen molar-refractivity contribution in [2.75, 3.05) is 6.79 Å². The summed E-state index contributed by atoms with van der Waals surface area (Å²) >= 11 is 3.61. The van der Waals surface area contributed by atoms with E-state index in [1.54, 1.807) is 0 Å². The fraction of sp³-hybridized carbons (Fsp3) is 0.167. The third-order valence-corrected chi connectivity index (χ3v) is 4.59. The number of halogens is 1. The molecule has 0 atom stereocenters. The van der Waals surface area contributed by atoms with Crippen LogP contribution in [0.5, 0.6) is 11.5 Å². The maximum absolute atomic E-state index is 5.45. The van der Waals surface area contributed by atoms with Gasteiger partial charge in [-0.3, -0.25) is 4.98 Å². The van der Waals surface area contributed by atoms with Crippen LogP contribution in [-0.4, -0.2) is 11.8 Å². The number of fused-ring (bicyclic) bond motifs is 2. The Kier molecular flexibility index (Phi) is 3.47. The van der Waals surface area contributed by atoms with Gasteiger partial charge in [0.1, 0.15) is 0 Å². The molecule has 0 saturated carbocycles. The summed E-state index contributed by atoms with van der Waals surface area (Å²) in [5.41, 5.74) is 3.35. The molecule has 0 spiro atoms. The highest BCUT2D eigenvalue weighted by Gasteiger charge is 2.16. The number of hydrogen-bond donors (Lipinski definition) is 0. The lowest BCUT2D eigenvalue weighted by Gasteiger charge is -2.07. The Hall–Kier alpha value is -2.07. The minimum Gasteiger partial charge on any atom is -0.454 e. The lowest BCUT2D eigenvalue weighted by Crippen LogP contribution is -1.96. The predicted molar refractivity (Wildman–Crippen MR) is 89.4 cm³/mol. The number of benzene rings is 2. The molecule has 0 N–H and O–H groups in total. The van der Waals surface area contributed by atoms with Gasteiger partial charge in [-0.05, 0) is 42.7 Å². The Morgan fingerprint density at radius 1 is 0.955 bits per heavy atom. The molecule has 0 fully saturated rings. The van der Waals surface area contributed by atoms with Crippen LogP contribution < -0.4 is 9.47 Å². The minimum atomic E-state index is 0.303. The first-order chi connectivity index (χ1) is 10.8. The molecule has 0 unspecified atom stereocenters. The molecule has 4 heteroatoms. The molecular formula is C18H14BrNO2. The monoisotopic (exact) mass is 355 g/mol. The molecule has 110 valence electrons. The van der Waals surface area contributed by atoms with Crippen LogP contribution in [-0.2, 0) is 12.8 Å². The molecule has 3 nitrogen and oxygen atoms in total. The molecule has 2 heterocycles. The molecule has 1 aliphatic heterocycles. The van der Waals surface area contributed by atoms with Crippen LogP contribution >= 0.6 is 15.9 Å². The Labute approximate surface area is 137 Å². The fourth-order valence-electron chi connectivity index (χ4n) is 2.66. The normalized spacial score (nSPS) is 12.8. The van der Waals surface area contributed by atoms with Crippen molar-refractivity contribution in [3.63, 3.8) is 0 Å². The van der Waals surface area contributed by atoms with Crippen LogP contribution in [0.15, 0.2) is 53.0 Å². The molecule has 3 aromatic rings. The van der Waals surface area contributed by atoms with E-state index in [2.05, 4.69) is 40.2 Å². The lowest BCUT2D eigenvalue weighted by atomic mass is 10.1. The number of nitrogens with zero attached hydrogens (tertiary/aromatic N) is 1. The third kappa shape index (κ3) is 2.55. The highest BCUT2D eigenvalue weighted by Crippen LogP contribution is 2.37. The second kappa shape index (κ2) is 5.61. The predicted octanol–water partition coefficient (Wildman–Crippen LogP) is 4.51. The largest absolute Gasteiger partial charge is 0.454 e. The smallest absolute Gasteiger partial charge is 0.231 e. The zero-order valence-electron chi connectivity index (χ0n) is 11.9. The zero-order chi connectivity index (χ0) is 14.9. The Morgan fingerprint density at radius 3 is 2.68 bits per heavy atom. The second-order valence-corrected chi connectivity index (χ2v) is 6.15. The van der Waals surface area contributed by atoms with Gasteiger partial charge in [0.15, 0.2) is 11.5 Å². The molecule has 1 aliphatic rings. The number of para-hydroxylation sites is 1. The molecular weight excluding hydrogens is 342 g/mol. The number of ether oxygens (including phenoxy) is 2. The summed E-state index contributed by atoms with van der Waals surface area (Å²) in [7, 11) is 0. The second-order valence-electron chi connectivity index (χ2n) is 5.29. The van der Waals surface area contributed by atoms with Crippen LogP contribution in [0, 0.1) is 0 Å². The van der Waals surface area contributed by atoms with E-state index in [1.165, 1.54) is 10.9 Å². The van der Waals surface area contributed by atoms with E-state index in [1.807, 2.05) is 24.3 Å². The first kappa shape index (κ1) is 13.6. The van der Waals surface area contributed by atoms with Gasteiger partial charge in [-0.15, -0.1) is 0 Å². The molecule has 4 rings (SSSR count). The standard InChI is InChI=1S/C18H14BrNO2/c19-15-10-18-17(21-11-22-18)9-13(15)6-8-14-7-5-12-3-1-2-4-16(12)20-14/h1-5,7,9-10H,6,8,11H2. The third-order valence-electron chi connectivity index (χ3n) is 3.85. The topological polar surface area (TPSA) is 31.4 Å². The Morgan fingerprint density at radius 2 is 1.77 bits per heavy atom. The van der Waals surface area contributed by atoms with Crippen LogP contribution in [0.2, 0.25) is 0 Å². The quantitative estimate of drug-likeness (QED) is 0.692. The number of aromatic nitrogens is 1. The van der Waals surface area contributed by atoms with Crippen LogP contribution in [0.1, 0.15) is 11.3 Å². The molecule has 0 bridgehead atoms. The summed E-state index contributed by atoms with van der Waals surface area (Å²) in [6, 6.07) is 16.4. The summed E-state index contributed by atoms with van der Waals surface area (Å²) in [6.07, 6.45) is 1.80. The number of rotatable bonds is 3. The molecule has 2 aromatic carbocycles. The number of pyridine rings is 1. The van der Waals surface area contributed by atoms with Gasteiger partial charge in [0.25, 0.3) is 0 Å². The van der Waals surface area contributed by atoms with Gasteiger partial charge in [-0.25, -0.2) is 0 Å². The Balaban J connectivity index is 1.56. The maximum Gasteiger partial charge on any atom is 0.231 e. The highest BCUT2D eigenvalue weighted by atomic mass is 79.9. The van der Waals surface area contributed by atoms with E-state index in [0.29, 0.717) is 6.79 Å². The first-order valence-corrected chi connectivity index (χ1v) is 8.01. The van der Waals surface area contributed by atoms with Crippen molar-refractivity contribution in [1.82, 2.24) is 4.98 Å². The van der Waals surface area contributed by atoms with Gasteiger partial charge in [-0.2, -0.15) is 0 Å². The van der Waals surface area contributed by atoms with Crippen molar-refractivity contribution in [2.45, 2.75) is 12.8 Å². The van der Waals surface area contributed by atoms with Crippen molar-refractivity contribution >= 4 is 26.8 Å². The fourth-order valence-corrected chi connectivity index (χ4v) is 3.18.